The summed E-state index contributed by atoms with van der Waals surface area (Å²) >= 11 is 0. The van der Waals surface area contributed by atoms with E-state index < -0.39 is 16.6 Å². The fraction of sp³-hybridized carbons (Fsp3) is 1.00. The molecule has 0 radical (unpaired) electrons. The summed E-state index contributed by atoms with van der Waals surface area (Å²) in [4.78, 5) is 0. The molecule has 0 aromatic carbocycles. The molecule has 2 unspecified atom stereocenters. The van der Waals surface area contributed by atoms with Gasteiger partial charge in [-0.2, -0.15) is 0 Å². The van der Waals surface area contributed by atoms with Gasteiger partial charge in [0, 0.05) is 17.6 Å². The monoisotopic (exact) mass is 311 g/mol. The third-order valence-electron chi connectivity index (χ3n) is 3.37. The molecule has 0 aliphatic heterocycles. The van der Waals surface area contributed by atoms with Gasteiger partial charge in [0.1, 0.15) is 12.9 Å². The Morgan fingerprint density at radius 2 is 1.68 bits per heavy atom. The Hall–Kier alpha value is 0.157. The van der Waals surface area contributed by atoms with Crippen LogP contribution in [0.2, 0.25) is 18.1 Å². The summed E-state index contributed by atoms with van der Waals surface area (Å²) in [5.74, 6) is 0. The van der Waals surface area contributed by atoms with Crippen molar-refractivity contribution in [1.29, 1.82) is 0 Å². The standard InChI is InChI=1S/C12H28O5PSi/c1-6-15-12(10-11-16-18(13)14-5)17-19(7-2,8-3)9-4/h12H,6-11H2,1-5H3/q+1. The molecule has 114 valence electrons. The summed E-state index contributed by atoms with van der Waals surface area (Å²) in [5, 5.41) is 0. The lowest BCUT2D eigenvalue weighted by atomic mass is 10.4. The Morgan fingerprint density at radius 3 is 2.11 bits per heavy atom. The van der Waals surface area contributed by atoms with Gasteiger partial charge in [0.05, 0.1) is 7.11 Å². The van der Waals surface area contributed by atoms with Gasteiger partial charge in [-0.1, -0.05) is 20.8 Å². The van der Waals surface area contributed by atoms with Crippen molar-refractivity contribution >= 4 is 16.6 Å². The average Bonchev–Trinajstić information content (AvgIpc) is 2.44. The van der Waals surface area contributed by atoms with Crippen LogP contribution in [-0.4, -0.2) is 34.9 Å². The lowest BCUT2D eigenvalue weighted by Gasteiger charge is -2.32. The third-order valence-corrected chi connectivity index (χ3v) is 8.69. The molecule has 2 atom stereocenters. The second-order valence-corrected chi connectivity index (χ2v) is 10.1. The van der Waals surface area contributed by atoms with Gasteiger partial charge in [-0.05, 0) is 25.1 Å². The van der Waals surface area contributed by atoms with Crippen LogP contribution < -0.4 is 0 Å². The summed E-state index contributed by atoms with van der Waals surface area (Å²) in [5.41, 5.74) is 0. The van der Waals surface area contributed by atoms with E-state index in [1.54, 1.807) is 0 Å². The van der Waals surface area contributed by atoms with E-state index in [9.17, 15) is 4.57 Å². The van der Waals surface area contributed by atoms with Crippen LogP contribution in [0.25, 0.3) is 0 Å². The fourth-order valence-electron chi connectivity index (χ4n) is 1.92. The highest BCUT2D eigenvalue weighted by molar-refractivity contribution is 7.33. The highest BCUT2D eigenvalue weighted by Gasteiger charge is 2.32. The molecule has 0 bridgehead atoms. The Kier molecular flexibility index (Phi) is 11.0. The quantitative estimate of drug-likeness (QED) is 0.309. The first-order valence-corrected chi connectivity index (χ1v) is 10.6. The zero-order chi connectivity index (χ0) is 14.7. The molecule has 7 heteroatoms. The van der Waals surface area contributed by atoms with Crippen molar-refractivity contribution in [1.82, 2.24) is 0 Å². The van der Waals surface area contributed by atoms with Gasteiger partial charge in [0.15, 0.2) is 8.32 Å². The SMILES string of the molecule is CCOC(CCO[P+](=O)OC)O[Si](CC)(CC)CC. The van der Waals surface area contributed by atoms with Crippen molar-refractivity contribution in [3.63, 3.8) is 0 Å². The molecule has 0 spiro atoms. The van der Waals surface area contributed by atoms with Gasteiger partial charge in [0.25, 0.3) is 0 Å². The van der Waals surface area contributed by atoms with E-state index in [0.29, 0.717) is 19.6 Å². The summed E-state index contributed by atoms with van der Waals surface area (Å²) in [6.07, 6.45) is 0.310. The summed E-state index contributed by atoms with van der Waals surface area (Å²) in [7, 11) is -2.34. The number of rotatable bonds is 12. The van der Waals surface area contributed by atoms with Crippen LogP contribution >= 0.6 is 8.25 Å². The molecular formula is C12H28O5PSi+. The fourth-order valence-corrected chi connectivity index (χ4v) is 5.02. The average molecular weight is 311 g/mol. The maximum absolute atomic E-state index is 11.0. The van der Waals surface area contributed by atoms with E-state index >= 15 is 0 Å². The van der Waals surface area contributed by atoms with E-state index in [1.165, 1.54) is 7.11 Å². The van der Waals surface area contributed by atoms with Crippen LogP contribution in [0.4, 0.5) is 0 Å². The lowest BCUT2D eigenvalue weighted by molar-refractivity contribution is -0.0919. The zero-order valence-corrected chi connectivity index (χ0v) is 14.7. The van der Waals surface area contributed by atoms with Gasteiger partial charge >= 0.3 is 8.25 Å². The Labute approximate surface area is 119 Å². The van der Waals surface area contributed by atoms with E-state index in [-0.39, 0.29) is 6.29 Å². The zero-order valence-electron chi connectivity index (χ0n) is 12.8. The van der Waals surface area contributed by atoms with Gasteiger partial charge in [0.2, 0.25) is 0 Å². The topological polar surface area (TPSA) is 54.0 Å². The third kappa shape index (κ3) is 7.49. The first-order chi connectivity index (χ1) is 9.07. The van der Waals surface area contributed by atoms with Crippen LogP contribution in [0.15, 0.2) is 0 Å². The van der Waals surface area contributed by atoms with Gasteiger partial charge in [-0.25, -0.2) is 0 Å². The maximum Gasteiger partial charge on any atom is 0.697 e. The Bertz CT molecular complexity index is 240. The molecule has 19 heavy (non-hydrogen) atoms. The van der Waals surface area contributed by atoms with E-state index in [0.717, 1.165) is 18.1 Å². The minimum absolute atomic E-state index is 0.267. The molecule has 0 rings (SSSR count). The molecule has 0 heterocycles. The van der Waals surface area contributed by atoms with Crippen LogP contribution in [0.1, 0.15) is 34.1 Å². The molecule has 0 fully saturated rings. The molecule has 0 aromatic rings. The predicted molar refractivity (Wildman–Crippen MR) is 78.9 cm³/mol. The van der Waals surface area contributed by atoms with Crippen molar-refractivity contribution < 1.29 is 22.8 Å². The van der Waals surface area contributed by atoms with Crippen molar-refractivity contribution in [3.8, 4) is 0 Å². The first-order valence-electron chi connectivity index (χ1n) is 7.01. The highest BCUT2D eigenvalue weighted by Crippen LogP contribution is 2.26. The van der Waals surface area contributed by atoms with Gasteiger partial charge in [-0.15, -0.1) is 9.05 Å². The van der Waals surface area contributed by atoms with Crippen LogP contribution in [-0.2, 0) is 22.8 Å². The van der Waals surface area contributed by atoms with Crippen LogP contribution in [0.5, 0.6) is 0 Å². The Balaban J connectivity index is 4.34. The van der Waals surface area contributed by atoms with Crippen LogP contribution in [0, 0.1) is 0 Å². The summed E-state index contributed by atoms with van der Waals surface area (Å²) < 4.78 is 32.5. The maximum atomic E-state index is 11.0. The molecular weight excluding hydrogens is 283 g/mol. The van der Waals surface area contributed by atoms with Crippen molar-refractivity contribution in [2.75, 3.05) is 20.3 Å². The van der Waals surface area contributed by atoms with Crippen molar-refractivity contribution in [3.05, 3.63) is 0 Å². The lowest BCUT2D eigenvalue weighted by Crippen LogP contribution is -2.41. The number of hydrogen-bond donors (Lipinski definition) is 0. The smallest absolute Gasteiger partial charge is 0.392 e. The second kappa shape index (κ2) is 10.9. The summed E-state index contributed by atoms with van der Waals surface area (Å²) in [6, 6.07) is 3.24. The number of hydrogen-bond acceptors (Lipinski definition) is 5. The van der Waals surface area contributed by atoms with Crippen LogP contribution in [0.3, 0.4) is 0 Å². The second-order valence-electron chi connectivity index (χ2n) is 4.27. The predicted octanol–water partition coefficient (Wildman–Crippen LogP) is 4.08. The van der Waals surface area contributed by atoms with E-state index in [1.807, 2.05) is 6.92 Å². The molecule has 5 nitrogen and oxygen atoms in total. The molecule has 0 saturated carbocycles. The molecule has 0 aromatic heterocycles. The highest BCUT2D eigenvalue weighted by atomic mass is 31.1. The normalized spacial score (nSPS) is 14.5. The molecule has 0 aliphatic rings. The number of ether oxygens (including phenoxy) is 1. The van der Waals surface area contributed by atoms with Crippen molar-refractivity contribution in [2.24, 2.45) is 0 Å². The minimum atomic E-state index is -2.01. The largest absolute Gasteiger partial charge is 0.697 e. The molecule has 0 saturated heterocycles. The van der Waals surface area contributed by atoms with Crippen molar-refractivity contribution in [2.45, 2.75) is 58.5 Å². The summed E-state index contributed by atoms with van der Waals surface area (Å²) in [6.45, 7) is 9.40. The first kappa shape index (κ1) is 19.2. The molecule has 0 aliphatic carbocycles. The Morgan fingerprint density at radius 1 is 1.11 bits per heavy atom. The van der Waals surface area contributed by atoms with Gasteiger partial charge in [-0.3, -0.25) is 0 Å². The molecule has 0 amide bonds. The minimum Gasteiger partial charge on any atom is -0.392 e. The molecule has 0 N–H and O–H groups in total. The van der Waals surface area contributed by atoms with Gasteiger partial charge < -0.3 is 9.16 Å². The van der Waals surface area contributed by atoms with E-state index in [4.69, 9.17) is 13.7 Å². The van der Waals surface area contributed by atoms with E-state index in [2.05, 4.69) is 25.3 Å².